The molecule has 2 nitrogen and oxygen atoms in total. The van der Waals surface area contributed by atoms with Crippen LogP contribution in [0, 0.1) is 11.6 Å². The van der Waals surface area contributed by atoms with E-state index in [-0.39, 0.29) is 11.6 Å². The van der Waals surface area contributed by atoms with E-state index in [1.165, 1.54) is 24.3 Å². The molecule has 0 unspecified atom stereocenters. The number of aromatic nitrogens is 1. The molecule has 27 heavy (non-hydrogen) atoms. The maximum Gasteiger partial charge on any atom is 0.136 e. The second kappa shape index (κ2) is 7.68. The summed E-state index contributed by atoms with van der Waals surface area (Å²) in [5.41, 5.74) is 2.63. The molecule has 3 aromatic carbocycles. The van der Waals surface area contributed by atoms with Crippen LogP contribution in [0.25, 0.3) is 11.3 Å². The predicted octanol–water partition coefficient (Wildman–Crippen LogP) is 6.47. The second-order valence-electron chi connectivity index (χ2n) is 5.99. The second-order valence-corrected chi connectivity index (χ2v) is 6.93. The zero-order chi connectivity index (χ0) is 18.6. The molecule has 0 radical (unpaired) electrons. The Morgan fingerprint density at radius 2 is 1.67 bits per heavy atom. The minimum Gasteiger partial charge on any atom is -0.457 e. The van der Waals surface area contributed by atoms with E-state index in [0.717, 1.165) is 21.8 Å². The number of hydrogen-bond donors (Lipinski definition) is 0. The van der Waals surface area contributed by atoms with Gasteiger partial charge in [0.05, 0.1) is 10.7 Å². The first-order valence-electron chi connectivity index (χ1n) is 8.39. The summed E-state index contributed by atoms with van der Waals surface area (Å²) in [6, 6.07) is 20.0. The summed E-state index contributed by atoms with van der Waals surface area (Å²) >= 11 is 1.54. The lowest BCUT2D eigenvalue weighted by Crippen LogP contribution is -1.91. The molecule has 1 heterocycles. The molecule has 4 rings (SSSR count). The maximum absolute atomic E-state index is 13.4. The number of ether oxygens (including phenoxy) is 1. The number of rotatable bonds is 5. The van der Waals surface area contributed by atoms with Gasteiger partial charge in [0.2, 0.25) is 0 Å². The summed E-state index contributed by atoms with van der Waals surface area (Å²) in [6.07, 6.45) is 0.637. The Morgan fingerprint density at radius 3 is 2.48 bits per heavy atom. The third-order valence-electron chi connectivity index (χ3n) is 4.01. The van der Waals surface area contributed by atoms with Gasteiger partial charge in [0.1, 0.15) is 23.1 Å². The Morgan fingerprint density at radius 1 is 0.852 bits per heavy atom. The smallest absolute Gasteiger partial charge is 0.136 e. The van der Waals surface area contributed by atoms with Crippen LogP contribution in [0.4, 0.5) is 8.78 Å². The summed E-state index contributed by atoms with van der Waals surface area (Å²) in [5, 5.41) is 2.89. The average molecular weight is 379 g/mol. The largest absolute Gasteiger partial charge is 0.457 e. The SMILES string of the molecule is Fc1ccc(Cc2nc(-c3ccccc3Oc3cccc(F)c3)cs2)cc1. The van der Waals surface area contributed by atoms with Crippen LogP contribution in [-0.4, -0.2) is 4.98 Å². The molecule has 0 bridgehead atoms. The van der Waals surface area contributed by atoms with Crippen molar-refractivity contribution in [3.8, 4) is 22.8 Å². The van der Waals surface area contributed by atoms with E-state index < -0.39 is 0 Å². The molecule has 0 spiro atoms. The Kier molecular flexibility index (Phi) is 4.94. The van der Waals surface area contributed by atoms with Crippen molar-refractivity contribution in [2.24, 2.45) is 0 Å². The summed E-state index contributed by atoms with van der Waals surface area (Å²) in [6.45, 7) is 0. The van der Waals surface area contributed by atoms with Gasteiger partial charge in [-0.2, -0.15) is 0 Å². The van der Waals surface area contributed by atoms with Crippen molar-refractivity contribution in [2.75, 3.05) is 0 Å². The molecule has 0 aliphatic heterocycles. The van der Waals surface area contributed by atoms with Crippen molar-refractivity contribution < 1.29 is 13.5 Å². The molecule has 0 amide bonds. The van der Waals surface area contributed by atoms with Crippen LogP contribution in [-0.2, 0) is 6.42 Å². The van der Waals surface area contributed by atoms with Crippen LogP contribution in [0.1, 0.15) is 10.6 Å². The van der Waals surface area contributed by atoms with Crippen molar-refractivity contribution in [3.63, 3.8) is 0 Å². The van der Waals surface area contributed by atoms with E-state index in [1.54, 1.807) is 35.6 Å². The predicted molar refractivity (Wildman–Crippen MR) is 103 cm³/mol. The molecule has 1 aromatic heterocycles. The van der Waals surface area contributed by atoms with Crippen LogP contribution >= 0.6 is 11.3 Å². The zero-order valence-electron chi connectivity index (χ0n) is 14.2. The van der Waals surface area contributed by atoms with Crippen LogP contribution in [0.15, 0.2) is 78.2 Å². The fourth-order valence-electron chi connectivity index (χ4n) is 2.72. The van der Waals surface area contributed by atoms with E-state index in [2.05, 4.69) is 4.98 Å². The molecule has 4 aromatic rings. The summed E-state index contributed by atoms with van der Waals surface area (Å²) in [7, 11) is 0. The molecule has 0 atom stereocenters. The Labute approximate surface area is 159 Å². The summed E-state index contributed by atoms with van der Waals surface area (Å²) in [5.74, 6) is 0.452. The van der Waals surface area contributed by atoms with Crippen LogP contribution < -0.4 is 4.74 Å². The summed E-state index contributed by atoms with van der Waals surface area (Å²) in [4.78, 5) is 4.69. The molecule has 0 aliphatic rings. The third-order valence-corrected chi connectivity index (χ3v) is 4.86. The molecule has 134 valence electrons. The standard InChI is InChI=1S/C22H15F2NOS/c23-16-10-8-15(9-11-16)12-22-25-20(14-27-22)19-6-1-2-7-21(19)26-18-5-3-4-17(24)13-18/h1-11,13-14H,12H2. The summed E-state index contributed by atoms with van der Waals surface area (Å²) < 4.78 is 32.3. The molecular weight excluding hydrogens is 364 g/mol. The van der Waals surface area contributed by atoms with Gasteiger partial charge >= 0.3 is 0 Å². The van der Waals surface area contributed by atoms with Gasteiger partial charge in [0, 0.05) is 23.4 Å². The minimum atomic E-state index is -0.347. The highest BCUT2D eigenvalue weighted by molar-refractivity contribution is 7.10. The number of para-hydroxylation sites is 1. The monoisotopic (exact) mass is 379 g/mol. The highest BCUT2D eigenvalue weighted by atomic mass is 32.1. The maximum atomic E-state index is 13.4. The highest BCUT2D eigenvalue weighted by Crippen LogP contribution is 2.34. The highest BCUT2D eigenvalue weighted by Gasteiger charge is 2.11. The fourth-order valence-corrected chi connectivity index (χ4v) is 3.55. The Balaban J connectivity index is 1.59. The third kappa shape index (κ3) is 4.20. The lowest BCUT2D eigenvalue weighted by molar-refractivity contribution is 0.478. The lowest BCUT2D eigenvalue weighted by Gasteiger charge is -2.09. The van der Waals surface area contributed by atoms with Crippen LogP contribution in [0.5, 0.6) is 11.5 Å². The average Bonchev–Trinajstić information content (AvgIpc) is 3.12. The molecular formula is C22H15F2NOS. The van der Waals surface area contributed by atoms with E-state index >= 15 is 0 Å². The normalized spacial score (nSPS) is 10.7. The first-order chi connectivity index (χ1) is 13.2. The van der Waals surface area contributed by atoms with E-state index in [9.17, 15) is 8.78 Å². The zero-order valence-corrected chi connectivity index (χ0v) is 15.0. The minimum absolute atomic E-state index is 0.248. The van der Waals surface area contributed by atoms with Crippen LogP contribution in [0.2, 0.25) is 0 Å². The molecule has 0 fully saturated rings. The number of nitrogens with zero attached hydrogens (tertiary/aromatic N) is 1. The quantitative estimate of drug-likeness (QED) is 0.396. The molecule has 0 N–H and O–H groups in total. The Bertz CT molecular complexity index is 1060. The van der Waals surface area contributed by atoms with E-state index in [1.807, 2.05) is 29.6 Å². The first kappa shape index (κ1) is 17.4. The van der Waals surface area contributed by atoms with Crippen molar-refractivity contribution in [3.05, 3.63) is 100 Å². The van der Waals surface area contributed by atoms with Gasteiger partial charge in [-0.15, -0.1) is 11.3 Å². The number of benzene rings is 3. The van der Waals surface area contributed by atoms with Crippen molar-refractivity contribution in [2.45, 2.75) is 6.42 Å². The van der Waals surface area contributed by atoms with Crippen molar-refractivity contribution in [1.82, 2.24) is 4.98 Å². The van der Waals surface area contributed by atoms with Gasteiger partial charge in [0.25, 0.3) is 0 Å². The van der Waals surface area contributed by atoms with Crippen molar-refractivity contribution >= 4 is 11.3 Å². The number of halogens is 2. The van der Waals surface area contributed by atoms with E-state index in [4.69, 9.17) is 4.74 Å². The topological polar surface area (TPSA) is 22.1 Å². The molecule has 5 heteroatoms. The van der Waals surface area contributed by atoms with Gasteiger partial charge in [-0.1, -0.05) is 30.3 Å². The fraction of sp³-hybridized carbons (Fsp3) is 0.0455. The van der Waals surface area contributed by atoms with Gasteiger partial charge in [-0.25, -0.2) is 13.8 Å². The van der Waals surface area contributed by atoms with Crippen molar-refractivity contribution in [1.29, 1.82) is 0 Å². The van der Waals surface area contributed by atoms with E-state index in [0.29, 0.717) is 17.9 Å². The number of hydrogen-bond acceptors (Lipinski definition) is 3. The molecule has 0 saturated heterocycles. The van der Waals surface area contributed by atoms with Gasteiger partial charge in [-0.05, 0) is 42.0 Å². The lowest BCUT2D eigenvalue weighted by atomic mass is 10.1. The van der Waals surface area contributed by atoms with Gasteiger partial charge < -0.3 is 4.74 Å². The molecule has 0 saturated carbocycles. The Hall–Kier alpha value is -3.05. The number of thiazole rings is 1. The first-order valence-corrected chi connectivity index (χ1v) is 9.27. The van der Waals surface area contributed by atoms with Gasteiger partial charge in [0.15, 0.2) is 0 Å². The molecule has 0 aliphatic carbocycles. The van der Waals surface area contributed by atoms with Gasteiger partial charge in [-0.3, -0.25) is 0 Å². The van der Waals surface area contributed by atoms with Crippen LogP contribution in [0.3, 0.4) is 0 Å².